The fraction of sp³-hybridized carbons (Fsp3) is 0.882. The summed E-state index contributed by atoms with van der Waals surface area (Å²) in [7, 11) is 1.86. The van der Waals surface area contributed by atoms with Gasteiger partial charge in [0.15, 0.2) is 0 Å². The second kappa shape index (κ2) is 10.1. The standard InChI is InChI=1S/C17H31N3O2.ClH/c1-13(17(22)20(2)15-8-10-18-11-9-15)19-16(21)12-14-6-4-3-5-7-14;/h13-15,18H,3-12H2,1-2H3,(H,19,21);1H. The topological polar surface area (TPSA) is 61.4 Å². The Kier molecular flexibility index (Phi) is 8.92. The fourth-order valence-corrected chi connectivity index (χ4v) is 3.69. The molecule has 2 aliphatic rings. The number of likely N-dealkylation sites (N-methyl/N-ethyl adjacent to an activating group) is 1. The van der Waals surface area contributed by atoms with Crippen LogP contribution in [0.25, 0.3) is 0 Å². The first-order valence-corrected chi connectivity index (χ1v) is 8.84. The summed E-state index contributed by atoms with van der Waals surface area (Å²) < 4.78 is 0. The van der Waals surface area contributed by atoms with E-state index in [0.29, 0.717) is 18.4 Å². The highest BCUT2D eigenvalue weighted by molar-refractivity contribution is 5.87. The van der Waals surface area contributed by atoms with E-state index in [1.807, 2.05) is 11.9 Å². The number of nitrogens with one attached hydrogen (secondary N) is 2. The van der Waals surface area contributed by atoms with Gasteiger partial charge in [-0.2, -0.15) is 0 Å². The van der Waals surface area contributed by atoms with Gasteiger partial charge in [-0.25, -0.2) is 0 Å². The number of rotatable bonds is 5. The lowest BCUT2D eigenvalue weighted by Gasteiger charge is -2.33. The fourth-order valence-electron chi connectivity index (χ4n) is 3.69. The number of hydrogen-bond acceptors (Lipinski definition) is 3. The molecule has 0 aromatic carbocycles. The molecular formula is C17H32ClN3O2. The van der Waals surface area contributed by atoms with Crippen molar-refractivity contribution in [2.45, 2.75) is 70.4 Å². The van der Waals surface area contributed by atoms with Crippen molar-refractivity contribution in [2.75, 3.05) is 20.1 Å². The van der Waals surface area contributed by atoms with Gasteiger partial charge in [0, 0.05) is 19.5 Å². The largest absolute Gasteiger partial charge is 0.345 e. The number of carbonyl (C=O) groups is 2. The number of halogens is 1. The molecule has 6 heteroatoms. The van der Waals surface area contributed by atoms with Crippen LogP contribution in [0.2, 0.25) is 0 Å². The van der Waals surface area contributed by atoms with Crippen molar-refractivity contribution in [3.8, 4) is 0 Å². The highest BCUT2D eigenvalue weighted by Gasteiger charge is 2.27. The molecule has 1 aliphatic carbocycles. The van der Waals surface area contributed by atoms with E-state index >= 15 is 0 Å². The van der Waals surface area contributed by atoms with Crippen LogP contribution in [0.4, 0.5) is 0 Å². The lowest BCUT2D eigenvalue weighted by atomic mass is 9.87. The van der Waals surface area contributed by atoms with E-state index in [0.717, 1.165) is 38.8 Å². The molecule has 2 amide bonds. The minimum absolute atomic E-state index is 0. The Hall–Kier alpha value is -0.810. The molecule has 0 radical (unpaired) electrons. The molecular weight excluding hydrogens is 314 g/mol. The number of nitrogens with zero attached hydrogens (tertiary/aromatic N) is 1. The minimum atomic E-state index is -0.420. The van der Waals surface area contributed by atoms with Crippen molar-refractivity contribution in [2.24, 2.45) is 5.92 Å². The van der Waals surface area contributed by atoms with Gasteiger partial charge in [-0.15, -0.1) is 12.4 Å². The van der Waals surface area contributed by atoms with Crippen LogP contribution in [0.15, 0.2) is 0 Å². The maximum Gasteiger partial charge on any atom is 0.244 e. The molecule has 1 atom stereocenters. The summed E-state index contributed by atoms with van der Waals surface area (Å²) >= 11 is 0. The Morgan fingerprint density at radius 2 is 1.74 bits per heavy atom. The summed E-state index contributed by atoms with van der Waals surface area (Å²) in [6.45, 7) is 3.73. The molecule has 134 valence electrons. The summed E-state index contributed by atoms with van der Waals surface area (Å²) in [5, 5.41) is 6.21. The predicted octanol–water partition coefficient (Wildman–Crippen LogP) is 2.09. The van der Waals surface area contributed by atoms with Crippen LogP contribution in [-0.4, -0.2) is 48.9 Å². The Labute approximate surface area is 146 Å². The molecule has 0 bridgehead atoms. The van der Waals surface area contributed by atoms with Gasteiger partial charge in [-0.3, -0.25) is 9.59 Å². The van der Waals surface area contributed by atoms with Crippen LogP contribution in [0, 0.1) is 5.92 Å². The van der Waals surface area contributed by atoms with Crippen LogP contribution in [-0.2, 0) is 9.59 Å². The maximum absolute atomic E-state index is 12.5. The molecule has 1 saturated carbocycles. The average molecular weight is 346 g/mol. The first-order valence-electron chi connectivity index (χ1n) is 8.84. The molecule has 23 heavy (non-hydrogen) atoms. The Balaban J connectivity index is 0.00000264. The van der Waals surface area contributed by atoms with E-state index in [1.54, 1.807) is 6.92 Å². The van der Waals surface area contributed by atoms with Crippen molar-refractivity contribution in [3.05, 3.63) is 0 Å². The number of piperidine rings is 1. The first-order chi connectivity index (χ1) is 10.6. The van der Waals surface area contributed by atoms with Gasteiger partial charge in [-0.1, -0.05) is 19.3 Å². The molecule has 0 spiro atoms. The van der Waals surface area contributed by atoms with Crippen LogP contribution in [0.5, 0.6) is 0 Å². The Morgan fingerprint density at radius 3 is 2.35 bits per heavy atom. The van der Waals surface area contributed by atoms with E-state index in [9.17, 15) is 9.59 Å². The second-order valence-electron chi connectivity index (χ2n) is 6.93. The number of amides is 2. The molecule has 1 aliphatic heterocycles. The van der Waals surface area contributed by atoms with E-state index in [-0.39, 0.29) is 24.2 Å². The Bertz CT molecular complexity index is 380. The maximum atomic E-state index is 12.5. The molecule has 1 saturated heterocycles. The van der Waals surface area contributed by atoms with Gasteiger partial charge in [0.1, 0.15) is 6.04 Å². The monoisotopic (exact) mass is 345 g/mol. The van der Waals surface area contributed by atoms with Crippen molar-refractivity contribution in [1.29, 1.82) is 0 Å². The summed E-state index contributed by atoms with van der Waals surface area (Å²) in [5.74, 6) is 0.577. The minimum Gasteiger partial charge on any atom is -0.345 e. The van der Waals surface area contributed by atoms with Gasteiger partial charge in [-0.05, 0) is 51.6 Å². The highest BCUT2D eigenvalue weighted by Crippen LogP contribution is 2.26. The zero-order valence-electron chi connectivity index (χ0n) is 14.5. The molecule has 0 aromatic heterocycles. The van der Waals surface area contributed by atoms with E-state index in [4.69, 9.17) is 0 Å². The van der Waals surface area contributed by atoms with Crippen LogP contribution < -0.4 is 10.6 Å². The lowest BCUT2D eigenvalue weighted by Crippen LogP contribution is -2.51. The van der Waals surface area contributed by atoms with Crippen LogP contribution >= 0.6 is 12.4 Å². The smallest absolute Gasteiger partial charge is 0.244 e. The molecule has 2 fully saturated rings. The van der Waals surface area contributed by atoms with Crippen LogP contribution in [0.3, 0.4) is 0 Å². The third-order valence-electron chi connectivity index (χ3n) is 5.15. The van der Waals surface area contributed by atoms with E-state index in [1.165, 1.54) is 19.3 Å². The molecule has 1 heterocycles. The number of carbonyl (C=O) groups excluding carboxylic acids is 2. The second-order valence-corrected chi connectivity index (χ2v) is 6.93. The number of hydrogen-bond donors (Lipinski definition) is 2. The van der Waals surface area contributed by atoms with Crippen molar-refractivity contribution in [3.63, 3.8) is 0 Å². The van der Waals surface area contributed by atoms with Crippen molar-refractivity contribution < 1.29 is 9.59 Å². The molecule has 2 rings (SSSR count). The summed E-state index contributed by atoms with van der Waals surface area (Å²) in [4.78, 5) is 26.4. The summed E-state index contributed by atoms with van der Waals surface area (Å²) in [5.41, 5.74) is 0. The van der Waals surface area contributed by atoms with E-state index in [2.05, 4.69) is 10.6 Å². The normalized spacial score (nSPS) is 21.1. The third kappa shape index (κ3) is 6.30. The van der Waals surface area contributed by atoms with E-state index < -0.39 is 6.04 Å². The zero-order chi connectivity index (χ0) is 15.9. The zero-order valence-corrected chi connectivity index (χ0v) is 15.3. The summed E-state index contributed by atoms with van der Waals surface area (Å²) in [6, 6.07) is -0.123. The van der Waals surface area contributed by atoms with Crippen LogP contribution in [0.1, 0.15) is 58.3 Å². The molecule has 2 N–H and O–H groups in total. The van der Waals surface area contributed by atoms with Gasteiger partial charge >= 0.3 is 0 Å². The quantitative estimate of drug-likeness (QED) is 0.802. The van der Waals surface area contributed by atoms with Gasteiger partial charge in [0.05, 0.1) is 0 Å². The SMILES string of the molecule is CC(NC(=O)CC1CCCCC1)C(=O)N(C)C1CCNCC1.Cl. The van der Waals surface area contributed by atoms with Crippen molar-refractivity contribution >= 4 is 24.2 Å². The predicted molar refractivity (Wildman–Crippen MR) is 94.7 cm³/mol. The Morgan fingerprint density at radius 1 is 1.13 bits per heavy atom. The molecule has 1 unspecified atom stereocenters. The van der Waals surface area contributed by atoms with Gasteiger partial charge in [0.25, 0.3) is 0 Å². The van der Waals surface area contributed by atoms with Gasteiger partial charge < -0.3 is 15.5 Å². The third-order valence-corrected chi connectivity index (χ3v) is 5.15. The average Bonchev–Trinajstić information content (AvgIpc) is 2.55. The first kappa shape index (κ1) is 20.2. The van der Waals surface area contributed by atoms with Crippen molar-refractivity contribution in [1.82, 2.24) is 15.5 Å². The lowest BCUT2D eigenvalue weighted by molar-refractivity contribution is -0.137. The molecule has 0 aromatic rings. The molecule has 5 nitrogen and oxygen atoms in total. The summed E-state index contributed by atoms with van der Waals surface area (Å²) in [6.07, 6.45) is 8.66. The van der Waals surface area contributed by atoms with Gasteiger partial charge in [0.2, 0.25) is 11.8 Å². The highest BCUT2D eigenvalue weighted by atomic mass is 35.5.